The normalized spacial score (nSPS) is 15.5. The molecule has 5 rings (SSSR count). The average molecular weight is 660 g/mol. The van der Waals surface area contributed by atoms with Gasteiger partial charge in [-0.3, -0.25) is 0 Å². The highest BCUT2D eigenvalue weighted by atomic mass is 35.5. The van der Waals surface area contributed by atoms with Gasteiger partial charge in [-0.2, -0.15) is 0 Å². The molecule has 1 atom stereocenters. The second kappa shape index (κ2) is 12.5. The molecule has 1 amide bonds. The van der Waals surface area contributed by atoms with Gasteiger partial charge in [0.2, 0.25) is 0 Å². The topological polar surface area (TPSA) is 58.6 Å². The Balaban J connectivity index is 0.000000237. The fourth-order valence-electron chi connectivity index (χ4n) is 4.73. The largest absolute Gasteiger partial charge is 0.444 e. The summed E-state index contributed by atoms with van der Waals surface area (Å²) >= 11 is 18.0. The molecule has 1 aliphatic heterocycles. The van der Waals surface area contributed by atoms with E-state index in [2.05, 4.69) is 9.97 Å². The molecule has 2 aromatic heterocycles. The van der Waals surface area contributed by atoms with E-state index in [0.717, 1.165) is 18.2 Å². The van der Waals surface area contributed by atoms with E-state index < -0.39 is 28.9 Å². The molecule has 3 heterocycles. The van der Waals surface area contributed by atoms with Crippen LogP contribution in [0.4, 0.5) is 28.2 Å². The third-order valence-corrected chi connectivity index (χ3v) is 8.12. The average Bonchev–Trinajstić information content (AvgIpc) is 2.87. The number of carbonyl (C=O) groups is 1. The van der Waals surface area contributed by atoms with Crippen LogP contribution in [0.25, 0.3) is 21.8 Å². The summed E-state index contributed by atoms with van der Waals surface area (Å²) < 4.78 is 59.6. The van der Waals surface area contributed by atoms with Crippen molar-refractivity contribution >= 4 is 68.5 Å². The first-order valence-electron chi connectivity index (χ1n) is 13.3. The van der Waals surface area contributed by atoms with Crippen molar-refractivity contribution in [3.63, 3.8) is 0 Å². The third kappa shape index (κ3) is 7.02. The molecule has 0 spiro atoms. The Hall–Kier alpha value is -3.08. The minimum Gasteiger partial charge on any atom is -0.444 e. The van der Waals surface area contributed by atoms with Gasteiger partial charge in [0, 0.05) is 61.1 Å². The van der Waals surface area contributed by atoms with Crippen LogP contribution in [-0.4, -0.2) is 52.2 Å². The molecular formula is C30H29Cl3F4N4O2. The van der Waals surface area contributed by atoms with Crippen molar-refractivity contribution in [3.8, 4) is 0 Å². The zero-order valence-electron chi connectivity index (χ0n) is 24.3. The second-order valence-electron chi connectivity index (χ2n) is 11.2. The van der Waals surface area contributed by atoms with Gasteiger partial charge in [0.05, 0.1) is 31.9 Å². The molecule has 230 valence electrons. The van der Waals surface area contributed by atoms with Gasteiger partial charge in [0.15, 0.2) is 0 Å². The smallest absolute Gasteiger partial charge is 0.410 e. The first kappa shape index (κ1) is 32.8. The highest BCUT2D eigenvalue weighted by Crippen LogP contribution is 2.35. The van der Waals surface area contributed by atoms with Crippen molar-refractivity contribution in [1.29, 1.82) is 0 Å². The van der Waals surface area contributed by atoms with E-state index in [-0.39, 0.29) is 49.1 Å². The van der Waals surface area contributed by atoms with Crippen LogP contribution in [0.1, 0.15) is 38.8 Å². The lowest BCUT2D eigenvalue weighted by molar-refractivity contribution is 0.0158. The van der Waals surface area contributed by atoms with Crippen molar-refractivity contribution in [2.75, 3.05) is 24.5 Å². The molecular weight excluding hydrogens is 631 g/mol. The summed E-state index contributed by atoms with van der Waals surface area (Å²) in [6.45, 7) is 12.3. The summed E-state index contributed by atoms with van der Waals surface area (Å²) in [6, 6.07) is 3.71. The highest BCUT2D eigenvalue weighted by molar-refractivity contribution is 6.39. The van der Waals surface area contributed by atoms with Crippen molar-refractivity contribution in [2.45, 2.75) is 53.2 Å². The highest BCUT2D eigenvalue weighted by Gasteiger charge is 2.32. The fourth-order valence-corrected chi connectivity index (χ4v) is 5.51. The van der Waals surface area contributed by atoms with Crippen LogP contribution in [0.3, 0.4) is 0 Å². The molecule has 0 N–H and O–H groups in total. The Bertz CT molecular complexity index is 1730. The van der Waals surface area contributed by atoms with E-state index in [1.807, 2.05) is 32.6 Å². The van der Waals surface area contributed by atoms with E-state index in [1.165, 1.54) is 6.07 Å². The maximum Gasteiger partial charge on any atom is 0.410 e. The quantitative estimate of drug-likeness (QED) is 0.151. The van der Waals surface area contributed by atoms with Crippen molar-refractivity contribution in [1.82, 2.24) is 14.9 Å². The lowest BCUT2D eigenvalue weighted by Crippen LogP contribution is -2.55. The number of piperazine rings is 1. The molecule has 1 fully saturated rings. The van der Waals surface area contributed by atoms with Crippen LogP contribution in [0, 0.1) is 37.1 Å². The Morgan fingerprint density at radius 1 is 0.860 bits per heavy atom. The van der Waals surface area contributed by atoms with Gasteiger partial charge in [0.25, 0.3) is 0 Å². The van der Waals surface area contributed by atoms with Gasteiger partial charge in [-0.15, -0.1) is 0 Å². The fraction of sp³-hybridized carbons (Fsp3) is 0.367. The number of halogens is 7. The number of carbonyl (C=O) groups excluding carboxylic acids is 1. The zero-order valence-corrected chi connectivity index (χ0v) is 26.5. The molecule has 2 aromatic carbocycles. The molecule has 0 radical (unpaired) electrons. The molecule has 13 heteroatoms. The van der Waals surface area contributed by atoms with Gasteiger partial charge < -0.3 is 14.5 Å². The number of rotatable bonds is 1. The molecule has 0 aliphatic carbocycles. The van der Waals surface area contributed by atoms with Gasteiger partial charge in [-0.05, 0) is 41.5 Å². The summed E-state index contributed by atoms with van der Waals surface area (Å²) in [5.41, 5.74) is 0.832. The summed E-state index contributed by atoms with van der Waals surface area (Å²) in [4.78, 5) is 24.4. The number of nitrogens with zero attached hydrogens (tertiary/aromatic N) is 4. The van der Waals surface area contributed by atoms with Crippen LogP contribution in [0.2, 0.25) is 15.2 Å². The maximum absolute atomic E-state index is 14.2. The number of pyridine rings is 2. The predicted octanol–water partition coefficient (Wildman–Crippen LogP) is 9.05. The minimum absolute atomic E-state index is 0.0972. The Morgan fingerprint density at radius 2 is 1.37 bits per heavy atom. The lowest BCUT2D eigenvalue weighted by Gasteiger charge is -2.41. The Labute approximate surface area is 261 Å². The number of anilines is 1. The monoisotopic (exact) mass is 658 g/mol. The van der Waals surface area contributed by atoms with Gasteiger partial charge in [-0.1, -0.05) is 34.8 Å². The SMILES string of the molecule is Cc1c(Cl)nc2cc(F)cc(F)c2c1Cl.Cc1c(N2CCN(C(=O)OC(C)(C)C)[C@@H](C)C2)nc2cc(F)cc(F)c2c1Cl. The third-order valence-electron chi connectivity index (χ3n) is 6.81. The predicted molar refractivity (Wildman–Crippen MR) is 162 cm³/mol. The number of hydrogen-bond acceptors (Lipinski definition) is 5. The molecule has 1 aliphatic rings. The first-order valence-corrected chi connectivity index (χ1v) is 14.4. The summed E-state index contributed by atoms with van der Waals surface area (Å²) in [7, 11) is 0. The van der Waals surface area contributed by atoms with Gasteiger partial charge in [0.1, 0.15) is 39.8 Å². The molecule has 4 aromatic rings. The summed E-state index contributed by atoms with van der Waals surface area (Å²) in [5.74, 6) is -2.30. The molecule has 0 saturated carbocycles. The van der Waals surface area contributed by atoms with Crippen LogP contribution >= 0.6 is 34.8 Å². The Morgan fingerprint density at radius 3 is 1.88 bits per heavy atom. The van der Waals surface area contributed by atoms with Crippen LogP contribution in [0.5, 0.6) is 0 Å². The van der Waals surface area contributed by atoms with E-state index in [1.54, 1.807) is 18.7 Å². The number of amides is 1. The number of benzene rings is 2. The number of fused-ring (bicyclic) bond motifs is 2. The van der Waals surface area contributed by atoms with Crippen LogP contribution in [-0.2, 0) is 4.74 Å². The molecule has 6 nitrogen and oxygen atoms in total. The Kier molecular flexibility index (Phi) is 9.54. The van der Waals surface area contributed by atoms with Crippen LogP contribution < -0.4 is 4.90 Å². The summed E-state index contributed by atoms with van der Waals surface area (Å²) in [5, 5.41) is 0.754. The lowest BCUT2D eigenvalue weighted by atomic mass is 10.1. The van der Waals surface area contributed by atoms with Gasteiger partial charge in [-0.25, -0.2) is 32.3 Å². The van der Waals surface area contributed by atoms with Crippen molar-refractivity contribution in [2.24, 2.45) is 0 Å². The molecule has 0 bridgehead atoms. The van der Waals surface area contributed by atoms with Crippen molar-refractivity contribution in [3.05, 3.63) is 73.9 Å². The van der Waals surface area contributed by atoms with Crippen molar-refractivity contribution < 1.29 is 27.1 Å². The summed E-state index contributed by atoms with van der Waals surface area (Å²) in [6.07, 6.45) is -0.356. The zero-order chi connectivity index (χ0) is 32.0. The number of aromatic nitrogens is 2. The minimum atomic E-state index is -0.734. The molecule has 1 saturated heterocycles. The second-order valence-corrected chi connectivity index (χ2v) is 12.4. The van der Waals surface area contributed by atoms with E-state index in [9.17, 15) is 22.4 Å². The maximum atomic E-state index is 14.2. The molecule has 0 unspecified atom stereocenters. The van der Waals surface area contributed by atoms with E-state index >= 15 is 0 Å². The first-order chi connectivity index (χ1) is 20.0. The van der Waals surface area contributed by atoms with E-state index in [0.29, 0.717) is 36.6 Å². The number of ether oxygens (including phenoxy) is 1. The number of hydrogen-bond donors (Lipinski definition) is 0. The standard InChI is InChI=1S/C20H24ClF2N3O2.C10H5Cl2F2N/c1-11-10-25(6-7-26(11)19(27)28-20(3,4)5)18-12(2)17(21)16-14(23)8-13(22)9-15(16)24-18;1-4-9(11)8-6(14)2-5(13)3-7(8)15-10(4)12/h8-9,11H,6-7,10H2,1-5H3;2-3H,1H3/t11-;/m0./s1. The van der Waals surface area contributed by atoms with Gasteiger partial charge >= 0.3 is 6.09 Å². The van der Waals surface area contributed by atoms with Crippen LogP contribution in [0.15, 0.2) is 24.3 Å². The molecule has 43 heavy (non-hydrogen) atoms. The van der Waals surface area contributed by atoms with E-state index in [4.69, 9.17) is 39.5 Å².